The minimum absolute atomic E-state index is 0.0879. The van der Waals surface area contributed by atoms with Crippen LogP contribution >= 0.6 is 7.82 Å². The lowest BCUT2D eigenvalue weighted by atomic mass is 10.0. The van der Waals surface area contributed by atoms with E-state index in [9.17, 15) is 14.3 Å². The summed E-state index contributed by atoms with van der Waals surface area (Å²) in [6, 6.07) is 0. The highest BCUT2D eigenvalue weighted by molar-refractivity contribution is 7.47. The predicted octanol–water partition coefficient (Wildman–Crippen LogP) is 12.4. The molecule has 0 radical (unpaired) electrons. The topological polar surface area (TPSA) is 91.3 Å². The van der Waals surface area contributed by atoms with Crippen LogP contribution in [0.15, 0.2) is 48.6 Å². The van der Waals surface area contributed by atoms with Crippen LogP contribution in [0.1, 0.15) is 168 Å². The molecule has 0 aromatic heterocycles. The highest BCUT2D eigenvalue weighted by Gasteiger charge is 2.26. The Bertz CT molecular complexity index is 989. The molecule has 0 bridgehead atoms. The maximum atomic E-state index is 12.4. The van der Waals surface area contributed by atoms with Crippen LogP contribution in [0.25, 0.3) is 0 Å². The number of hydrogen-bond donors (Lipinski definition) is 1. The first kappa shape index (κ1) is 51.5. The fourth-order valence-corrected chi connectivity index (χ4v) is 6.34. The standard InChI is InChI=1S/C44H82NO7P/c1-6-8-10-12-13-14-15-16-17-18-19-20-21-22-23-24-25-26-27-28-29-30-31-32-34-36-39-49-41-43(52-44(46)37-35-33-11-9-7-2)42-51-53(47,48)50-40-38-45(3,4)5/h8,10,13-14,16-17,19-20,43H,6-7,9,11-12,15,18,21-42H2,1-5H3/p+1/b10-8-,14-13-,17-16-,20-19-. The van der Waals surface area contributed by atoms with Crippen molar-refractivity contribution in [3.8, 4) is 0 Å². The van der Waals surface area contributed by atoms with Crippen molar-refractivity contribution in [3.05, 3.63) is 48.6 Å². The summed E-state index contributed by atoms with van der Waals surface area (Å²) in [5.74, 6) is -0.328. The highest BCUT2D eigenvalue weighted by atomic mass is 31.2. The molecule has 0 amide bonds. The molecule has 0 aromatic carbocycles. The molecule has 0 fully saturated rings. The number of ether oxygens (including phenoxy) is 2. The number of rotatable bonds is 39. The third kappa shape index (κ3) is 41.5. The van der Waals surface area contributed by atoms with E-state index in [-0.39, 0.29) is 25.8 Å². The normalized spacial score (nSPS) is 14.3. The molecule has 2 unspecified atom stereocenters. The Hall–Kier alpha value is -1.54. The van der Waals surface area contributed by atoms with Crippen molar-refractivity contribution < 1.29 is 37.3 Å². The zero-order valence-electron chi connectivity index (χ0n) is 35.0. The van der Waals surface area contributed by atoms with Crippen LogP contribution in [0.2, 0.25) is 0 Å². The second kappa shape index (κ2) is 37.4. The van der Waals surface area contributed by atoms with Gasteiger partial charge in [-0.1, -0.05) is 159 Å². The van der Waals surface area contributed by atoms with E-state index in [2.05, 4.69) is 62.5 Å². The third-order valence-electron chi connectivity index (χ3n) is 8.90. The molecule has 1 N–H and O–H groups in total. The summed E-state index contributed by atoms with van der Waals surface area (Å²) in [5, 5.41) is 0. The fourth-order valence-electron chi connectivity index (χ4n) is 5.60. The minimum atomic E-state index is -4.26. The van der Waals surface area contributed by atoms with E-state index in [1.165, 1.54) is 77.0 Å². The monoisotopic (exact) mass is 769 g/mol. The van der Waals surface area contributed by atoms with Crippen LogP contribution in [-0.4, -0.2) is 75.6 Å². The molecule has 0 aromatic rings. The first-order valence-electron chi connectivity index (χ1n) is 21.4. The molecule has 8 nitrogen and oxygen atoms in total. The number of likely N-dealkylation sites (N-methyl/N-ethyl adjacent to an activating group) is 1. The minimum Gasteiger partial charge on any atom is -0.457 e. The van der Waals surface area contributed by atoms with Gasteiger partial charge in [0.1, 0.15) is 19.3 Å². The number of esters is 1. The first-order chi connectivity index (χ1) is 25.6. The summed E-state index contributed by atoms with van der Waals surface area (Å²) in [6.07, 6.45) is 44.8. The summed E-state index contributed by atoms with van der Waals surface area (Å²) in [6.45, 7) is 5.42. The number of hydrogen-bond acceptors (Lipinski definition) is 6. The van der Waals surface area contributed by atoms with Gasteiger partial charge in [-0.2, -0.15) is 0 Å². The first-order valence-corrected chi connectivity index (χ1v) is 22.9. The van der Waals surface area contributed by atoms with Gasteiger partial charge in [-0.3, -0.25) is 13.8 Å². The summed E-state index contributed by atoms with van der Waals surface area (Å²) < 4.78 is 34.7. The molecule has 0 rings (SSSR count). The molecule has 53 heavy (non-hydrogen) atoms. The van der Waals surface area contributed by atoms with E-state index in [1.54, 1.807) is 0 Å². The van der Waals surface area contributed by atoms with Crippen molar-refractivity contribution in [2.45, 2.75) is 174 Å². The van der Waals surface area contributed by atoms with E-state index in [1.807, 2.05) is 21.1 Å². The quantitative estimate of drug-likeness (QED) is 0.0219. The maximum Gasteiger partial charge on any atom is 0.472 e. The number of quaternary nitrogens is 1. The zero-order valence-corrected chi connectivity index (χ0v) is 35.9. The second-order valence-corrected chi connectivity index (χ2v) is 16.8. The number of carbonyl (C=O) groups excluding carboxylic acids is 1. The molecule has 0 aliphatic rings. The molecule has 0 aliphatic heterocycles. The van der Waals surface area contributed by atoms with Crippen molar-refractivity contribution in [3.63, 3.8) is 0 Å². The molecule has 0 saturated heterocycles. The van der Waals surface area contributed by atoms with Gasteiger partial charge in [0.05, 0.1) is 34.4 Å². The van der Waals surface area contributed by atoms with Crippen molar-refractivity contribution in [2.75, 3.05) is 54.1 Å². The van der Waals surface area contributed by atoms with E-state index in [4.69, 9.17) is 18.5 Å². The summed E-state index contributed by atoms with van der Waals surface area (Å²) in [4.78, 5) is 22.6. The second-order valence-electron chi connectivity index (χ2n) is 15.3. The Balaban J connectivity index is 3.91. The lowest BCUT2D eigenvalue weighted by molar-refractivity contribution is -0.870. The fraction of sp³-hybridized carbons (Fsp3) is 0.795. The molecular weight excluding hydrogens is 685 g/mol. The van der Waals surface area contributed by atoms with Crippen molar-refractivity contribution in [1.82, 2.24) is 0 Å². The SMILES string of the molecule is CC/C=C\C/C=C\C/C=C\C/C=C\CCCCCCCCCCCCCCCOCC(COP(=O)(O)OCC[N+](C)(C)C)OC(=O)CCCCCCC. The number of nitrogens with zero attached hydrogens (tertiary/aromatic N) is 1. The Kier molecular flexibility index (Phi) is 36.3. The highest BCUT2D eigenvalue weighted by Crippen LogP contribution is 2.43. The molecular formula is C44H83NO7P+. The van der Waals surface area contributed by atoms with Crippen LogP contribution in [0, 0.1) is 0 Å². The molecule has 0 saturated carbocycles. The lowest BCUT2D eigenvalue weighted by Crippen LogP contribution is -2.37. The lowest BCUT2D eigenvalue weighted by Gasteiger charge is -2.24. The average molecular weight is 769 g/mol. The number of unbranched alkanes of at least 4 members (excludes halogenated alkanes) is 17. The van der Waals surface area contributed by atoms with Crippen molar-refractivity contribution in [1.29, 1.82) is 0 Å². The predicted molar refractivity (Wildman–Crippen MR) is 224 cm³/mol. The summed E-state index contributed by atoms with van der Waals surface area (Å²) >= 11 is 0. The van der Waals surface area contributed by atoms with E-state index < -0.39 is 13.9 Å². The van der Waals surface area contributed by atoms with E-state index in [0.29, 0.717) is 24.1 Å². The molecule has 0 heterocycles. The van der Waals surface area contributed by atoms with Crippen LogP contribution < -0.4 is 0 Å². The Labute approximate surface area is 327 Å². The average Bonchev–Trinajstić information content (AvgIpc) is 3.11. The summed E-state index contributed by atoms with van der Waals surface area (Å²) in [5.41, 5.74) is 0. The van der Waals surface area contributed by atoms with Gasteiger partial charge in [0, 0.05) is 13.0 Å². The van der Waals surface area contributed by atoms with Crippen molar-refractivity contribution >= 4 is 13.8 Å². The van der Waals surface area contributed by atoms with Gasteiger partial charge in [0.2, 0.25) is 0 Å². The van der Waals surface area contributed by atoms with Crippen LogP contribution in [0.3, 0.4) is 0 Å². The third-order valence-corrected chi connectivity index (χ3v) is 9.89. The van der Waals surface area contributed by atoms with Gasteiger partial charge in [-0.15, -0.1) is 0 Å². The number of phosphoric ester groups is 1. The van der Waals surface area contributed by atoms with Gasteiger partial charge in [0.15, 0.2) is 0 Å². The summed E-state index contributed by atoms with van der Waals surface area (Å²) in [7, 11) is 1.66. The van der Waals surface area contributed by atoms with Crippen LogP contribution in [0.5, 0.6) is 0 Å². The molecule has 0 aliphatic carbocycles. The van der Waals surface area contributed by atoms with E-state index in [0.717, 1.165) is 70.6 Å². The van der Waals surface area contributed by atoms with Crippen LogP contribution in [-0.2, 0) is 27.9 Å². The number of allylic oxidation sites excluding steroid dienone is 8. The Morgan fingerprint density at radius 2 is 1.09 bits per heavy atom. The molecule has 310 valence electrons. The molecule has 9 heteroatoms. The largest absolute Gasteiger partial charge is 0.472 e. The molecule has 0 spiro atoms. The molecule has 2 atom stereocenters. The number of phosphoric acid groups is 1. The van der Waals surface area contributed by atoms with Gasteiger partial charge < -0.3 is 18.9 Å². The Morgan fingerprint density at radius 1 is 0.604 bits per heavy atom. The number of carbonyl (C=O) groups is 1. The Morgan fingerprint density at radius 3 is 1.64 bits per heavy atom. The zero-order chi connectivity index (χ0) is 39.1. The van der Waals surface area contributed by atoms with Crippen LogP contribution in [0.4, 0.5) is 0 Å². The van der Waals surface area contributed by atoms with Gasteiger partial charge in [-0.05, 0) is 51.4 Å². The smallest absolute Gasteiger partial charge is 0.457 e. The maximum absolute atomic E-state index is 12.4. The van der Waals surface area contributed by atoms with Crippen molar-refractivity contribution in [2.24, 2.45) is 0 Å². The van der Waals surface area contributed by atoms with E-state index >= 15 is 0 Å². The van der Waals surface area contributed by atoms with Gasteiger partial charge >= 0.3 is 13.8 Å². The van der Waals surface area contributed by atoms with Gasteiger partial charge in [-0.25, -0.2) is 4.57 Å². The van der Waals surface area contributed by atoms with Gasteiger partial charge in [0.25, 0.3) is 0 Å².